The lowest BCUT2D eigenvalue weighted by molar-refractivity contribution is -0.121. The van der Waals surface area contributed by atoms with Crippen LogP contribution in [-0.2, 0) is 4.79 Å². The Hall–Kier alpha value is -3.54. The van der Waals surface area contributed by atoms with Gasteiger partial charge < -0.3 is 15.2 Å². The number of hydrogen-bond donors (Lipinski definition) is 3. The number of anilines is 1. The van der Waals surface area contributed by atoms with Crippen LogP contribution in [0, 0.1) is 0 Å². The number of ether oxygens (including phenoxy) is 1. The first-order chi connectivity index (χ1) is 13.6. The Morgan fingerprint density at radius 2 is 1.96 bits per heavy atom. The van der Waals surface area contributed by atoms with Crippen LogP contribution in [0.3, 0.4) is 0 Å². The molecule has 0 aliphatic rings. The highest BCUT2D eigenvalue weighted by molar-refractivity contribution is 5.96. The number of methoxy groups -OCH3 is 1. The molecular weight excluding hydrogens is 354 g/mol. The molecule has 144 valence electrons. The molecule has 0 aliphatic carbocycles. The van der Waals surface area contributed by atoms with Gasteiger partial charge in [0.15, 0.2) is 0 Å². The van der Waals surface area contributed by atoms with E-state index in [2.05, 4.69) is 15.8 Å². The number of amides is 1. The summed E-state index contributed by atoms with van der Waals surface area (Å²) in [6.45, 7) is 1.93. The minimum absolute atomic E-state index is 0.0553. The summed E-state index contributed by atoms with van der Waals surface area (Å²) in [6.07, 6.45) is 1.98. The van der Waals surface area contributed by atoms with E-state index < -0.39 is 6.04 Å². The van der Waals surface area contributed by atoms with Gasteiger partial charge in [0.2, 0.25) is 0 Å². The van der Waals surface area contributed by atoms with E-state index in [1.54, 1.807) is 19.2 Å². The Bertz CT molecular complexity index is 996. The number of nitrogens with zero attached hydrogens (tertiary/aromatic N) is 1. The smallest absolute Gasteiger partial charge is 0.262 e. The second kappa shape index (κ2) is 8.90. The fraction of sp³-hybridized carbons (Fsp3) is 0.182. The van der Waals surface area contributed by atoms with E-state index >= 15 is 0 Å². The first kappa shape index (κ1) is 19.2. The molecule has 0 aliphatic heterocycles. The quantitative estimate of drug-likeness (QED) is 0.431. The molecule has 3 aromatic rings. The largest absolute Gasteiger partial charge is 0.507 e. The maximum atomic E-state index is 12.5. The standard InChI is InChI=1S/C22H23N3O3/c1-3-19(24-20-10-6-8-15-7-4-5-9-18(15)20)22(27)25-23-14-16-13-17(28-2)11-12-21(16)26/h4-14,19,24,26H,3H2,1-2H3,(H,25,27)/t19-/m1/s1. The molecule has 0 spiro atoms. The fourth-order valence-electron chi connectivity index (χ4n) is 2.90. The van der Waals surface area contributed by atoms with Gasteiger partial charge in [-0.2, -0.15) is 5.10 Å². The van der Waals surface area contributed by atoms with E-state index in [4.69, 9.17) is 4.74 Å². The SMILES string of the molecule is CC[C@@H](Nc1cccc2ccccc12)C(=O)NN=Cc1cc(OC)ccc1O. The molecule has 1 atom stereocenters. The number of hydrazone groups is 1. The number of carbonyl (C=O) groups is 1. The van der Waals surface area contributed by atoms with Gasteiger partial charge in [-0.1, -0.05) is 43.3 Å². The van der Waals surface area contributed by atoms with Crippen molar-refractivity contribution in [2.24, 2.45) is 5.10 Å². The van der Waals surface area contributed by atoms with Crippen molar-refractivity contribution in [2.45, 2.75) is 19.4 Å². The van der Waals surface area contributed by atoms with E-state index in [1.807, 2.05) is 49.4 Å². The third-order valence-corrected chi connectivity index (χ3v) is 4.46. The number of hydrogen-bond acceptors (Lipinski definition) is 5. The molecule has 3 aromatic carbocycles. The molecule has 28 heavy (non-hydrogen) atoms. The lowest BCUT2D eigenvalue weighted by atomic mass is 10.1. The van der Waals surface area contributed by atoms with E-state index in [0.717, 1.165) is 16.5 Å². The van der Waals surface area contributed by atoms with E-state index in [-0.39, 0.29) is 11.7 Å². The van der Waals surface area contributed by atoms with E-state index in [0.29, 0.717) is 17.7 Å². The van der Waals surface area contributed by atoms with Gasteiger partial charge in [0.1, 0.15) is 17.5 Å². The topological polar surface area (TPSA) is 83.0 Å². The number of phenolic OH excluding ortho intramolecular Hbond substituents is 1. The normalized spacial score (nSPS) is 12.1. The molecule has 0 radical (unpaired) electrons. The van der Waals surface area contributed by atoms with Crippen LogP contribution in [0.25, 0.3) is 10.8 Å². The van der Waals surface area contributed by atoms with Gasteiger partial charge in [-0.25, -0.2) is 5.43 Å². The zero-order chi connectivity index (χ0) is 19.9. The van der Waals surface area contributed by atoms with Crippen LogP contribution in [0.2, 0.25) is 0 Å². The molecule has 0 heterocycles. The van der Waals surface area contributed by atoms with Gasteiger partial charge in [-0.15, -0.1) is 0 Å². The summed E-state index contributed by atoms with van der Waals surface area (Å²) in [5.41, 5.74) is 3.88. The Morgan fingerprint density at radius 1 is 1.18 bits per heavy atom. The van der Waals surface area contributed by atoms with Crippen LogP contribution in [0.4, 0.5) is 5.69 Å². The number of rotatable bonds is 7. The summed E-state index contributed by atoms with van der Waals surface area (Å²) in [6, 6.07) is 18.3. The number of fused-ring (bicyclic) bond motifs is 1. The molecule has 3 rings (SSSR count). The summed E-state index contributed by atoms with van der Waals surface area (Å²) in [4.78, 5) is 12.5. The third-order valence-electron chi connectivity index (χ3n) is 4.46. The Labute approximate surface area is 163 Å². The van der Waals surface area contributed by atoms with Crippen molar-refractivity contribution in [2.75, 3.05) is 12.4 Å². The lowest BCUT2D eigenvalue weighted by Crippen LogP contribution is -2.36. The van der Waals surface area contributed by atoms with Crippen molar-refractivity contribution in [3.63, 3.8) is 0 Å². The fourth-order valence-corrected chi connectivity index (χ4v) is 2.90. The van der Waals surface area contributed by atoms with Crippen LogP contribution in [-0.4, -0.2) is 30.4 Å². The highest BCUT2D eigenvalue weighted by Crippen LogP contribution is 2.24. The van der Waals surface area contributed by atoms with Gasteiger partial charge in [0.25, 0.3) is 5.91 Å². The van der Waals surface area contributed by atoms with Crippen molar-refractivity contribution < 1.29 is 14.6 Å². The zero-order valence-corrected chi connectivity index (χ0v) is 15.8. The summed E-state index contributed by atoms with van der Waals surface area (Å²) in [5, 5.41) is 19.3. The predicted molar refractivity (Wildman–Crippen MR) is 112 cm³/mol. The highest BCUT2D eigenvalue weighted by Gasteiger charge is 2.16. The first-order valence-electron chi connectivity index (χ1n) is 9.06. The average Bonchev–Trinajstić information content (AvgIpc) is 2.73. The number of benzene rings is 3. The van der Waals surface area contributed by atoms with E-state index in [9.17, 15) is 9.90 Å². The van der Waals surface area contributed by atoms with Crippen molar-refractivity contribution in [1.29, 1.82) is 0 Å². The minimum Gasteiger partial charge on any atom is -0.507 e. The Balaban J connectivity index is 1.70. The molecule has 0 saturated carbocycles. The van der Waals surface area contributed by atoms with Crippen molar-refractivity contribution >= 4 is 28.6 Å². The minimum atomic E-state index is -0.443. The second-order valence-corrected chi connectivity index (χ2v) is 6.29. The van der Waals surface area contributed by atoms with Crippen LogP contribution >= 0.6 is 0 Å². The van der Waals surface area contributed by atoms with Gasteiger partial charge in [-0.05, 0) is 36.1 Å². The van der Waals surface area contributed by atoms with Gasteiger partial charge >= 0.3 is 0 Å². The average molecular weight is 377 g/mol. The monoisotopic (exact) mass is 377 g/mol. The maximum absolute atomic E-state index is 12.5. The van der Waals surface area contributed by atoms with Gasteiger partial charge in [-0.3, -0.25) is 4.79 Å². The predicted octanol–water partition coefficient (Wildman–Crippen LogP) is 3.89. The van der Waals surface area contributed by atoms with Crippen LogP contribution in [0.5, 0.6) is 11.5 Å². The van der Waals surface area contributed by atoms with Crippen LogP contribution < -0.4 is 15.5 Å². The van der Waals surface area contributed by atoms with E-state index in [1.165, 1.54) is 12.3 Å². The first-order valence-corrected chi connectivity index (χ1v) is 9.06. The van der Waals surface area contributed by atoms with Crippen LogP contribution in [0.1, 0.15) is 18.9 Å². The maximum Gasteiger partial charge on any atom is 0.262 e. The molecule has 6 heteroatoms. The number of phenols is 1. The van der Waals surface area contributed by atoms with Crippen molar-refractivity contribution in [1.82, 2.24) is 5.43 Å². The third kappa shape index (κ3) is 4.40. The lowest BCUT2D eigenvalue weighted by Gasteiger charge is -2.18. The number of nitrogens with one attached hydrogen (secondary N) is 2. The number of carbonyl (C=O) groups excluding carboxylic acids is 1. The van der Waals surface area contributed by atoms with Crippen LogP contribution in [0.15, 0.2) is 65.8 Å². The molecule has 0 aromatic heterocycles. The summed E-state index contributed by atoms with van der Waals surface area (Å²) < 4.78 is 5.12. The molecule has 6 nitrogen and oxygen atoms in total. The summed E-state index contributed by atoms with van der Waals surface area (Å²) in [7, 11) is 1.54. The molecule has 0 unspecified atom stereocenters. The van der Waals surface area contributed by atoms with Gasteiger partial charge in [0.05, 0.1) is 13.3 Å². The second-order valence-electron chi connectivity index (χ2n) is 6.29. The summed E-state index contributed by atoms with van der Waals surface area (Å²) >= 11 is 0. The Kier molecular flexibility index (Phi) is 6.11. The Morgan fingerprint density at radius 3 is 2.75 bits per heavy atom. The van der Waals surface area contributed by atoms with Gasteiger partial charge in [0, 0.05) is 16.6 Å². The molecule has 3 N–H and O–H groups in total. The molecule has 1 amide bonds. The number of aromatic hydroxyl groups is 1. The summed E-state index contributed by atoms with van der Waals surface area (Å²) in [5.74, 6) is 0.392. The molecular formula is C22H23N3O3. The molecule has 0 bridgehead atoms. The van der Waals surface area contributed by atoms with Crippen molar-refractivity contribution in [3.8, 4) is 11.5 Å². The molecule has 0 saturated heterocycles. The van der Waals surface area contributed by atoms with Crippen molar-refractivity contribution in [3.05, 3.63) is 66.2 Å². The zero-order valence-electron chi connectivity index (χ0n) is 15.8. The highest BCUT2D eigenvalue weighted by atomic mass is 16.5. The molecule has 0 fully saturated rings.